The molecule has 6 nitrogen and oxygen atoms in total. The number of halogens is 6. The highest BCUT2D eigenvalue weighted by atomic mass is 19.4. The molecule has 12 heteroatoms. The van der Waals surface area contributed by atoms with E-state index in [0.29, 0.717) is 54.5 Å². The largest absolute Gasteiger partial charge is 0.496 e. The first-order valence-corrected chi connectivity index (χ1v) is 15.5. The summed E-state index contributed by atoms with van der Waals surface area (Å²) in [4.78, 5) is 26.2. The van der Waals surface area contributed by atoms with Crippen LogP contribution in [0.2, 0.25) is 0 Å². The number of hydrogen-bond donors (Lipinski definition) is 1. The molecule has 1 N–H and O–H groups in total. The zero-order chi connectivity index (χ0) is 33.8. The fourth-order valence-electron chi connectivity index (χ4n) is 7.51. The van der Waals surface area contributed by atoms with Crippen LogP contribution in [0.3, 0.4) is 0 Å². The zero-order valence-electron chi connectivity index (χ0n) is 25.6. The Morgan fingerprint density at radius 1 is 0.830 bits per heavy atom. The molecule has 1 saturated carbocycles. The SMILES string of the molecule is COc1ccc(C2CCC(C(=O)O)CC2)cc1-c1ccc(C(F)(F)F)cc1[C@@H]1CC[C@H]2[C@@H](c3cc(C)cc(C(F)(F)F)c3)OC(=O)N12. The molecule has 0 bridgehead atoms. The van der Waals surface area contributed by atoms with Crippen molar-refractivity contribution in [1.29, 1.82) is 0 Å². The summed E-state index contributed by atoms with van der Waals surface area (Å²) in [7, 11) is 1.45. The summed E-state index contributed by atoms with van der Waals surface area (Å²) in [6.07, 6.45) is -8.24. The minimum Gasteiger partial charge on any atom is -0.496 e. The van der Waals surface area contributed by atoms with E-state index < -0.39 is 59.6 Å². The summed E-state index contributed by atoms with van der Waals surface area (Å²) in [5.41, 5.74) is 0.811. The van der Waals surface area contributed by atoms with E-state index in [-0.39, 0.29) is 23.5 Å². The molecule has 2 saturated heterocycles. The minimum absolute atomic E-state index is 0.0502. The third kappa shape index (κ3) is 6.26. The average Bonchev–Trinajstić information content (AvgIpc) is 3.60. The highest BCUT2D eigenvalue weighted by Crippen LogP contribution is 2.51. The van der Waals surface area contributed by atoms with Crippen LogP contribution in [-0.4, -0.2) is 35.2 Å². The number of carbonyl (C=O) groups is 2. The van der Waals surface area contributed by atoms with E-state index in [4.69, 9.17) is 9.47 Å². The van der Waals surface area contributed by atoms with Crippen molar-refractivity contribution in [2.45, 2.75) is 81.9 Å². The van der Waals surface area contributed by atoms with E-state index in [9.17, 15) is 41.0 Å². The standard InChI is InChI=1S/C35H33F6NO5/c1-18-13-22(15-24(14-18)35(39,40)41)31-29-11-10-28(42(29)33(45)47-31)26-17-23(34(36,37)38)8-9-25(26)27-16-21(7-12-30(27)46-2)19-3-5-20(6-4-19)32(43)44/h7-9,12-17,19-20,28-29,31H,3-6,10-11H2,1-2H3,(H,43,44)/t19?,20?,28-,29-,31+/m0/s1. The number of rotatable bonds is 6. The summed E-state index contributed by atoms with van der Waals surface area (Å²) >= 11 is 0. The zero-order valence-corrected chi connectivity index (χ0v) is 25.6. The van der Waals surface area contributed by atoms with Gasteiger partial charge < -0.3 is 14.6 Å². The van der Waals surface area contributed by atoms with Crippen LogP contribution in [0, 0.1) is 12.8 Å². The number of carbonyl (C=O) groups excluding carboxylic acids is 1. The smallest absolute Gasteiger partial charge is 0.416 e. The Morgan fingerprint density at radius 2 is 1.53 bits per heavy atom. The number of hydrogen-bond acceptors (Lipinski definition) is 4. The third-order valence-electron chi connectivity index (χ3n) is 9.77. The lowest BCUT2D eigenvalue weighted by Crippen LogP contribution is -2.31. The van der Waals surface area contributed by atoms with Crippen LogP contribution in [0.5, 0.6) is 5.75 Å². The van der Waals surface area contributed by atoms with Gasteiger partial charge in [-0.25, -0.2) is 4.79 Å². The molecule has 1 amide bonds. The van der Waals surface area contributed by atoms with Crippen molar-refractivity contribution in [2.75, 3.05) is 7.11 Å². The fourth-order valence-corrected chi connectivity index (χ4v) is 7.51. The molecule has 3 aromatic rings. The quantitative estimate of drug-likeness (QED) is 0.267. The summed E-state index contributed by atoms with van der Waals surface area (Å²) in [6.45, 7) is 1.51. The second-order valence-corrected chi connectivity index (χ2v) is 12.6. The Morgan fingerprint density at radius 3 is 2.17 bits per heavy atom. The molecule has 2 aliphatic heterocycles. The van der Waals surface area contributed by atoms with E-state index in [0.717, 1.165) is 29.8 Å². The van der Waals surface area contributed by atoms with Gasteiger partial charge in [0.1, 0.15) is 11.9 Å². The first kappa shape index (κ1) is 32.7. The number of nitrogens with zero attached hydrogens (tertiary/aromatic N) is 1. The van der Waals surface area contributed by atoms with Gasteiger partial charge in [0, 0.05) is 5.56 Å². The van der Waals surface area contributed by atoms with Gasteiger partial charge in [0.15, 0.2) is 0 Å². The van der Waals surface area contributed by atoms with Crippen LogP contribution < -0.4 is 4.74 Å². The van der Waals surface area contributed by atoms with Crippen molar-refractivity contribution in [2.24, 2.45) is 5.92 Å². The number of amides is 1. The van der Waals surface area contributed by atoms with Crippen molar-refractivity contribution in [3.05, 3.63) is 88.0 Å². The average molecular weight is 662 g/mol. The highest BCUT2D eigenvalue weighted by molar-refractivity contribution is 5.78. The molecule has 0 unspecified atom stereocenters. The first-order valence-electron chi connectivity index (χ1n) is 15.5. The number of benzene rings is 3. The van der Waals surface area contributed by atoms with E-state index in [1.54, 1.807) is 6.07 Å². The maximum atomic E-state index is 14.1. The molecule has 0 spiro atoms. The fraction of sp³-hybridized carbons (Fsp3) is 0.429. The molecule has 6 rings (SSSR count). The number of alkyl halides is 6. The van der Waals surface area contributed by atoms with Gasteiger partial charge in [-0.1, -0.05) is 23.8 Å². The minimum atomic E-state index is -4.68. The molecule has 250 valence electrons. The van der Waals surface area contributed by atoms with E-state index in [2.05, 4.69) is 0 Å². The predicted molar refractivity (Wildman–Crippen MR) is 159 cm³/mol. The van der Waals surface area contributed by atoms with Gasteiger partial charge in [0.25, 0.3) is 0 Å². The van der Waals surface area contributed by atoms with Crippen molar-refractivity contribution in [3.63, 3.8) is 0 Å². The molecule has 0 aromatic heterocycles. The van der Waals surface area contributed by atoms with Crippen LogP contribution in [0.1, 0.15) is 90.0 Å². The number of methoxy groups -OCH3 is 1. The summed E-state index contributed by atoms with van der Waals surface area (Å²) in [5, 5.41) is 9.41. The summed E-state index contributed by atoms with van der Waals surface area (Å²) < 4.78 is 94.3. The number of ether oxygens (including phenoxy) is 2. The Kier molecular flexibility index (Phi) is 8.42. The Balaban J connectivity index is 1.40. The normalized spacial score (nSPS) is 24.6. The van der Waals surface area contributed by atoms with Crippen molar-refractivity contribution in [3.8, 4) is 16.9 Å². The van der Waals surface area contributed by atoms with Gasteiger partial charge in [-0.15, -0.1) is 0 Å². The predicted octanol–water partition coefficient (Wildman–Crippen LogP) is 9.46. The van der Waals surface area contributed by atoms with Gasteiger partial charge in [-0.05, 0) is 110 Å². The summed E-state index contributed by atoms with van der Waals surface area (Å²) in [6, 6.07) is 10.8. The van der Waals surface area contributed by atoms with Gasteiger partial charge in [0.05, 0.1) is 36.2 Å². The first-order chi connectivity index (χ1) is 22.2. The number of cyclic esters (lactones) is 1. The number of fused-ring (bicyclic) bond motifs is 1. The molecule has 47 heavy (non-hydrogen) atoms. The third-order valence-corrected chi connectivity index (χ3v) is 9.77. The monoisotopic (exact) mass is 661 g/mol. The van der Waals surface area contributed by atoms with Gasteiger partial charge >= 0.3 is 24.4 Å². The molecule has 3 fully saturated rings. The molecule has 0 radical (unpaired) electrons. The molecule has 2 heterocycles. The number of carboxylic acids is 1. The van der Waals surface area contributed by atoms with Crippen LogP contribution in [0.4, 0.5) is 31.1 Å². The van der Waals surface area contributed by atoms with Crippen molar-refractivity contribution in [1.82, 2.24) is 4.90 Å². The van der Waals surface area contributed by atoms with Crippen LogP contribution >= 0.6 is 0 Å². The van der Waals surface area contributed by atoms with Gasteiger partial charge in [-0.2, -0.15) is 26.3 Å². The van der Waals surface area contributed by atoms with Crippen molar-refractivity contribution < 1.29 is 50.5 Å². The molecule has 3 aliphatic rings. The molecular formula is C35H33F6NO5. The topological polar surface area (TPSA) is 76.1 Å². The summed E-state index contributed by atoms with van der Waals surface area (Å²) in [5.74, 6) is -0.780. The van der Waals surface area contributed by atoms with Crippen LogP contribution in [0.15, 0.2) is 54.6 Å². The lowest BCUT2D eigenvalue weighted by molar-refractivity contribution is -0.143. The molecule has 3 atom stereocenters. The lowest BCUT2D eigenvalue weighted by atomic mass is 9.78. The highest BCUT2D eigenvalue weighted by Gasteiger charge is 2.51. The molecule has 3 aromatic carbocycles. The molecular weight excluding hydrogens is 628 g/mol. The second-order valence-electron chi connectivity index (χ2n) is 12.6. The Bertz CT molecular complexity index is 1690. The second kappa shape index (κ2) is 12.1. The Labute approximate surface area is 267 Å². The van der Waals surface area contributed by atoms with E-state index in [1.165, 1.54) is 31.1 Å². The maximum absolute atomic E-state index is 14.1. The maximum Gasteiger partial charge on any atom is 0.416 e. The Hall–Kier alpha value is -4.22. The van der Waals surface area contributed by atoms with E-state index in [1.807, 2.05) is 12.1 Å². The van der Waals surface area contributed by atoms with Crippen LogP contribution in [-0.2, 0) is 21.9 Å². The number of aliphatic carboxylic acids is 1. The number of aryl methyl sites for hydroxylation is 1. The van der Waals surface area contributed by atoms with Crippen molar-refractivity contribution >= 4 is 12.1 Å². The van der Waals surface area contributed by atoms with E-state index >= 15 is 0 Å². The van der Waals surface area contributed by atoms with Gasteiger partial charge in [-0.3, -0.25) is 9.69 Å². The molecule has 1 aliphatic carbocycles. The van der Waals surface area contributed by atoms with Gasteiger partial charge in [0.2, 0.25) is 0 Å². The van der Waals surface area contributed by atoms with Crippen LogP contribution in [0.25, 0.3) is 11.1 Å². The lowest BCUT2D eigenvalue weighted by Gasteiger charge is -2.28. The number of carboxylic acid groups (broad SMARTS) is 1.